The zero-order valence-corrected chi connectivity index (χ0v) is 23.3. The lowest BCUT2D eigenvalue weighted by atomic mass is 9.91. The molecule has 5 heterocycles. The quantitative estimate of drug-likeness (QED) is 0.208. The predicted octanol–water partition coefficient (Wildman–Crippen LogP) is 4.26. The number of amidine groups is 1. The number of allylic oxidation sites excluding steroid dienone is 1. The SMILES string of the molecule is O=C(CCl)Nc1ccc(C2=C3C=CC(=[N+]4CCCC4)N3[B]n3c2ccc3-n2cc(CCc3ccccc3)nn2)cc1. The Kier molecular flexibility index (Phi) is 6.80. The molecule has 1 amide bonds. The Morgan fingerprint density at radius 3 is 2.56 bits per heavy atom. The molecule has 2 aromatic heterocycles. The highest BCUT2D eigenvalue weighted by atomic mass is 35.5. The van der Waals surface area contributed by atoms with Crippen LogP contribution in [-0.2, 0) is 17.6 Å². The fourth-order valence-electron chi connectivity index (χ4n) is 5.82. The van der Waals surface area contributed by atoms with E-state index >= 15 is 0 Å². The van der Waals surface area contributed by atoms with Crippen LogP contribution in [0.5, 0.6) is 0 Å². The van der Waals surface area contributed by atoms with Crippen LogP contribution in [0.25, 0.3) is 11.4 Å². The van der Waals surface area contributed by atoms with Gasteiger partial charge < -0.3 is 9.79 Å². The zero-order valence-electron chi connectivity index (χ0n) is 22.6. The van der Waals surface area contributed by atoms with Crippen molar-refractivity contribution in [3.8, 4) is 5.82 Å². The smallest absolute Gasteiger partial charge is 0.329 e. The minimum absolute atomic E-state index is 0.0751. The van der Waals surface area contributed by atoms with Crippen LogP contribution < -0.4 is 5.32 Å². The van der Waals surface area contributed by atoms with E-state index in [2.05, 4.69) is 85.6 Å². The number of nitrogens with zero attached hydrogens (tertiary/aromatic N) is 6. The molecule has 1 N–H and O–H groups in total. The Balaban J connectivity index is 1.25. The number of halogens is 1. The Morgan fingerprint density at radius 1 is 0.976 bits per heavy atom. The van der Waals surface area contributed by atoms with Crippen LogP contribution in [-0.4, -0.2) is 67.1 Å². The standard InChI is InChI=1S/C31H28BClN7O/c33-20-28(41)34-24-12-9-23(10-13-24)31-26-14-16-29(37-18-4-5-19-37)39(26)32-40-27(31)15-17-30(40)38-21-25(35-36-38)11-8-22-6-2-1-3-7-22/h1-3,6-7,9-10,12-17,21H,4-5,8,11,18-20H2/p+1. The molecule has 8 nitrogen and oxygen atoms in total. The third-order valence-electron chi connectivity index (χ3n) is 7.83. The number of aryl methyl sites for hydroxylation is 2. The van der Waals surface area contributed by atoms with Gasteiger partial charge in [0.2, 0.25) is 5.91 Å². The van der Waals surface area contributed by atoms with E-state index in [9.17, 15) is 4.79 Å². The normalized spacial score (nSPS) is 15.8. The van der Waals surface area contributed by atoms with Crippen LogP contribution in [0.2, 0.25) is 0 Å². The Hall–Kier alpha value is -4.37. The van der Waals surface area contributed by atoms with Crippen LogP contribution in [0.4, 0.5) is 5.69 Å². The van der Waals surface area contributed by atoms with E-state index < -0.39 is 0 Å². The van der Waals surface area contributed by atoms with Crippen molar-refractivity contribution < 1.29 is 9.37 Å². The summed E-state index contributed by atoms with van der Waals surface area (Å²) in [5, 5.41) is 11.8. The lowest BCUT2D eigenvalue weighted by molar-refractivity contribution is -0.508. The molecule has 0 spiro atoms. The van der Waals surface area contributed by atoms with E-state index in [-0.39, 0.29) is 11.8 Å². The van der Waals surface area contributed by atoms with Crippen molar-refractivity contribution in [1.82, 2.24) is 24.3 Å². The second-order valence-electron chi connectivity index (χ2n) is 10.5. The average Bonchev–Trinajstić information content (AvgIpc) is 3.82. The summed E-state index contributed by atoms with van der Waals surface area (Å²) in [7, 11) is 2.16. The molecule has 3 aliphatic rings. The summed E-state index contributed by atoms with van der Waals surface area (Å²) in [6.07, 6.45) is 10.6. The summed E-state index contributed by atoms with van der Waals surface area (Å²) in [4.78, 5) is 14.1. The molecular formula is C31H29BClN7O+. The second kappa shape index (κ2) is 10.9. The fraction of sp³-hybridized carbons (Fsp3) is 0.226. The molecular weight excluding hydrogens is 533 g/mol. The van der Waals surface area contributed by atoms with E-state index in [4.69, 9.17) is 11.6 Å². The van der Waals surface area contributed by atoms with Gasteiger partial charge in [-0.1, -0.05) is 47.7 Å². The molecule has 41 heavy (non-hydrogen) atoms. The van der Waals surface area contributed by atoms with Gasteiger partial charge in [0, 0.05) is 23.0 Å². The fourth-order valence-corrected chi connectivity index (χ4v) is 5.88. The number of carbonyl (C=O) groups is 1. The lowest BCUT2D eigenvalue weighted by Gasteiger charge is -2.26. The van der Waals surface area contributed by atoms with E-state index in [1.54, 1.807) is 0 Å². The number of nitrogens with one attached hydrogen (secondary N) is 1. The number of alkyl halides is 1. The highest BCUT2D eigenvalue weighted by Crippen LogP contribution is 2.37. The molecule has 0 atom stereocenters. The first-order valence-corrected chi connectivity index (χ1v) is 14.5. The van der Waals surface area contributed by atoms with Crippen LogP contribution in [0.3, 0.4) is 0 Å². The van der Waals surface area contributed by atoms with Crippen LogP contribution in [0.15, 0.2) is 90.8 Å². The van der Waals surface area contributed by atoms with E-state index in [1.165, 1.54) is 24.2 Å². The number of hydrogen-bond acceptors (Lipinski definition) is 3. The number of anilines is 1. The van der Waals surface area contributed by atoms with Crippen LogP contribution in [0.1, 0.15) is 35.4 Å². The first-order valence-electron chi connectivity index (χ1n) is 14.0. The summed E-state index contributed by atoms with van der Waals surface area (Å²) in [5.41, 5.74) is 7.33. The monoisotopic (exact) mass is 561 g/mol. The molecule has 1 fully saturated rings. The Morgan fingerprint density at radius 2 is 1.78 bits per heavy atom. The molecule has 0 aliphatic carbocycles. The van der Waals surface area contributed by atoms with Crippen molar-refractivity contribution in [2.75, 3.05) is 24.3 Å². The topological polar surface area (TPSA) is 71.0 Å². The Labute approximate surface area is 244 Å². The van der Waals surface area contributed by atoms with Gasteiger partial charge in [-0.2, -0.15) is 0 Å². The molecule has 1 saturated heterocycles. The van der Waals surface area contributed by atoms with Gasteiger partial charge in [0.1, 0.15) is 17.4 Å². The molecule has 7 rings (SSSR count). The lowest BCUT2D eigenvalue weighted by Crippen LogP contribution is -2.42. The number of aromatic nitrogens is 4. The second-order valence-corrected chi connectivity index (χ2v) is 10.7. The van der Waals surface area contributed by atoms with Gasteiger partial charge in [-0.05, 0) is 67.2 Å². The number of carbonyl (C=O) groups excluding carboxylic acids is 1. The summed E-state index contributed by atoms with van der Waals surface area (Å²) in [6, 6.07) is 22.6. The minimum atomic E-state index is -0.224. The van der Waals surface area contributed by atoms with E-state index in [0.717, 1.165) is 65.7 Å². The summed E-state index contributed by atoms with van der Waals surface area (Å²) in [6.45, 7) is 2.11. The van der Waals surface area contributed by atoms with Gasteiger partial charge in [-0.25, -0.2) is 4.68 Å². The molecule has 1 radical (unpaired) electrons. The average molecular weight is 562 g/mol. The molecule has 4 aromatic rings. The maximum Gasteiger partial charge on any atom is 0.553 e. The third kappa shape index (κ3) is 4.91. The summed E-state index contributed by atoms with van der Waals surface area (Å²) < 4.78 is 6.52. The van der Waals surface area contributed by atoms with Gasteiger partial charge in [0.15, 0.2) is 0 Å². The number of benzene rings is 2. The Bertz CT molecular complexity index is 1690. The molecule has 10 heteroatoms. The van der Waals surface area contributed by atoms with Crippen molar-refractivity contribution in [1.29, 1.82) is 0 Å². The molecule has 0 unspecified atom stereocenters. The van der Waals surface area contributed by atoms with Gasteiger partial charge in [0.05, 0.1) is 25.0 Å². The molecule has 2 aromatic carbocycles. The van der Waals surface area contributed by atoms with Gasteiger partial charge >= 0.3 is 7.55 Å². The zero-order chi connectivity index (χ0) is 27.8. The highest BCUT2D eigenvalue weighted by molar-refractivity contribution is 6.40. The van der Waals surface area contributed by atoms with Gasteiger partial charge in [-0.3, -0.25) is 14.2 Å². The maximum atomic E-state index is 11.8. The highest BCUT2D eigenvalue weighted by Gasteiger charge is 2.40. The number of hydrogen-bond donors (Lipinski definition) is 1. The largest absolute Gasteiger partial charge is 0.553 e. The molecule has 203 valence electrons. The number of fused-ring (bicyclic) bond motifs is 2. The predicted molar refractivity (Wildman–Crippen MR) is 161 cm³/mol. The van der Waals surface area contributed by atoms with Crippen molar-refractivity contribution in [3.63, 3.8) is 0 Å². The minimum Gasteiger partial charge on any atom is -0.329 e. The first kappa shape index (κ1) is 25.6. The molecule has 3 aliphatic heterocycles. The van der Waals surface area contributed by atoms with Crippen LogP contribution >= 0.6 is 11.6 Å². The summed E-state index contributed by atoms with van der Waals surface area (Å²) >= 11 is 5.68. The number of amides is 1. The number of rotatable bonds is 7. The molecule has 0 bridgehead atoms. The van der Waals surface area contributed by atoms with Crippen molar-refractivity contribution >= 4 is 42.2 Å². The van der Waals surface area contributed by atoms with E-state index in [1.807, 2.05) is 41.2 Å². The van der Waals surface area contributed by atoms with Gasteiger partial charge in [-0.15, -0.1) is 16.7 Å². The molecule has 0 saturated carbocycles. The van der Waals surface area contributed by atoms with E-state index in [0.29, 0.717) is 0 Å². The first-order chi connectivity index (χ1) is 20.2. The van der Waals surface area contributed by atoms with Crippen LogP contribution in [0, 0.1) is 0 Å². The van der Waals surface area contributed by atoms with Crippen molar-refractivity contribution in [2.24, 2.45) is 0 Å². The third-order valence-corrected chi connectivity index (χ3v) is 8.08. The maximum absolute atomic E-state index is 11.8. The van der Waals surface area contributed by atoms with Gasteiger partial charge in [0.25, 0.3) is 5.84 Å². The van der Waals surface area contributed by atoms with Crippen molar-refractivity contribution in [3.05, 3.63) is 113 Å². The summed E-state index contributed by atoms with van der Waals surface area (Å²) in [5.74, 6) is 1.81. The van der Waals surface area contributed by atoms with Crippen molar-refractivity contribution in [2.45, 2.75) is 25.7 Å².